The van der Waals surface area contributed by atoms with Crippen molar-refractivity contribution in [3.8, 4) is 6.07 Å². The van der Waals surface area contributed by atoms with Crippen molar-refractivity contribution in [2.45, 2.75) is 39.3 Å². The first-order valence-electron chi connectivity index (χ1n) is 6.47. The third kappa shape index (κ3) is 5.74. The predicted molar refractivity (Wildman–Crippen MR) is 85.4 cm³/mol. The van der Waals surface area contributed by atoms with Gasteiger partial charge in [0.2, 0.25) is 0 Å². The van der Waals surface area contributed by atoms with Gasteiger partial charge in [-0.1, -0.05) is 18.2 Å². The highest BCUT2D eigenvalue weighted by Gasteiger charge is 2.34. The third-order valence-electron chi connectivity index (χ3n) is 2.26. The zero-order chi connectivity index (χ0) is 14.7. The molecule has 0 saturated carbocycles. The zero-order valence-electron chi connectivity index (χ0n) is 12.7. The molecule has 0 radical (unpaired) electrons. The molecular weight excluding hydrogens is 269 g/mol. The van der Waals surface area contributed by atoms with E-state index in [1.165, 1.54) is 0 Å². The van der Waals surface area contributed by atoms with E-state index in [0.717, 1.165) is 5.46 Å². The van der Waals surface area contributed by atoms with Crippen LogP contribution in [0.15, 0.2) is 24.3 Å². The molecule has 0 atom stereocenters. The molecule has 0 unspecified atom stereocenters. The molecule has 0 N–H and O–H groups in total. The van der Waals surface area contributed by atoms with Crippen LogP contribution in [0, 0.1) is 11.3 Å². The molecule has 0 aromatic heterocycles. The molecule has 3 nitrogen and oxygen atoms in total. The molecule has 0 fully saturated rings. The van der Waals surface area contributed by atoms with Crippen molar-refractivity contribution >= 4 is 29.2 Å². The zero-order valence-corrected chi connectivity index (χ0v) is 14.7. The number of nitriles is 1. The van der Waals surface area contributed by atoms with Crippen molar-refractivity contribution in [1.29, 1.82) is 5.26 Å². The summed E-state index contributed by atoms with van der Waals surface area (Å²) in [6.07, 6.45) is 0. The lowest BCUT2D eigenvalue weighted by atomic mass is 9.77. The normalized spacial score (nSPS) is 12.1. The highest BCUT2D eigenvalue weighted by molar-refractivity contribution is 6.85. The lowest BCUT2D eigenvalue weighted by Gasteiger charge is -2.29. The molecule has 1 rings (SSSR count). The Morgan fingerprint density at radius 2 is 1.42 bits per heavy atom. The summed E-state index contributed by atoms with van der Waals surface area (Å²) in [6.45, 7) is 12.8. The number of hydrogen-bond acceptors (Lipinski definition) is 3. The van der Waals surface area contributed by atoms with E-state index in [9.17, 15) is 5.26 Å². The number of nitrogens with zero attached hydrogens (tertiary/aromatic N) is 1. The van der Waals surface area contributed by atoms with Crippen molar-refractivity contribution in [2.24, 2.45) is 0 Å². The van der Waals surface area contributed by atoms with Gasteiger partial charge in [-0.3, -0.25) is 0 Å². The molecule has 19 heavy (non-hydrogen) atoms. The molecule has 1 aromatic carbocycles. The lowest BCUT2D eigenvalue weighted by molar-refractivity contribution is 0.436. The average Bonchev–Trinajstić information content (AvgIpc) is 2.24. The fourth-order valence-electron chi connectivity index (χ4n) is 1.60. The second kappa shape index (κ2) is 6.05. The fourth-order valence-corrected chi connectivity index (χ4v) is 3.33. The van der Waals surface area contributed by atoms with Crippen LogP contribution in [0.25, 0.3) is 0 Å². The molecule has 102 valence electrons. The van der Waals surface area contributed by atoms with Crippen LogP contribution in [0.5, 0.6) is 0 Å². The highest BCUT2D eigenvalue weighted by Crippen LogP contribution is 2.13. The van der Waals surface area contributed by atoms with Gasteiger partial charge < -0.3 is 8.69 Å². The van der Waals surface area contributed by atoms with Gasteiger partial charge in [-0.05, 0) is 50.8 Å². The van der Waals surface area contributed by atoms with Crippen molar-refractivity contribution < 1.29 is 8.69 Å². The topological polar surface area (TPSA) is 42.2 Å². The van der Waals surface area contributed by atoms with E-state index in [2.05, 4.69) is 45.4 Å². The summed E-state index contributed by atoms with van der Waals surface area (Å²) in [5.41, 5.74) is 1.47. The Balaban J connectivity index is 3.12. The van der Waals surface area contributed by atoms with Gasteiger partial charge in [0.15, 0.2) is 16.6 Å². The van der Waals surface area contributed by atoms with E-state index in [1.807, 2.05) is 24.3 Å². The molecule has 0 saturated heterocycles. The van der Waals surface area contributed by atoms with Gasteiger partial charge in [-0.25, -0.2) is 0 Å². The van der Waals surface area contributed by atoms with E-state index in [1.54, 1.807) is 0 Å². The maximum absolute atomic E-state index is 9.23. The van der Waals surface area contributed by atoms with E-state index in [-0.39, 0.29) is 0 Å². The molecule has 0 aliphatic heterocycles. The molecule has 0 heterocycles. The Labute approximate surface area is 119 Å². The Kier molecular flexibility index (Phi) is 5.16. The quantitative estimate of drug-likeness (QED) is 0.783. The highest BCUT2D eigenvalue weighted by atomic mass is 28.4. The minimum absolute atomic E-state index is 0.422. The molecule has 1 aromatic rings. The van der Waals surface area contributed by atoms with Crippen molar-refractivity contribution in [3.63, 3.8) is 0 Å². The van der Waals surface area contributed by atoms with Crippen LogP contribution in [0.2, 0.25) is 39.3 Å². The molecule has 0 spiro atoms. The lowest BCUT2D eigenvalue weighted by Crippen LogP contribution is -2.50. The van der Waals surface area contributed by atoms with Crippen LogP contribution in [0.4, 0.5) is 0 Å². The average molecular weight is 291 g/mol. The van der Waals surface area contributed by atoms with E-state index in [0.29, 0.717) is 5.56 Å². The minimum Gasteiger partial charge on any atom is -0.450 e. The first kappa shape index (κ1) is 16.2. The summed E-state index contributed by atoms with van der Waals surface area (Å²) in [4.78, 5) is 0. The van der Waals surface area contributed by atoms with Gasteiger partial charge in [0.05, 0.1) is 11.6 Å². The maximum Gasteiger partial charge on any atom is 0.473 e. The minimum atomic E-state index is -1.75. The van der Waals surface area contributed by atoms with E-state index >= 15 is 0 Å². The molecule has 0 aliphatic carbocycles. The summed E-state index contributed by atoms with van der Waals surface area (Å²) in [6, 6.07) is 9.73. The number of rotatable bonds is 5. The van der Waals surface area contributed by atoms with Gasteiger partial charge in [0.1, 0.15) is 0 Å². The number of hydrogen-bond donors (Lipinski definition) is 0. The number of benzene rings is 1. The Hall–Kier alpha value is -0.871. The Morgan fingerprint density at radius 1 is 0.947 bits per heavy atom. The predicted octanol–water partition coefficient (Wildman–Crippen LogP) is 2.96. The van der Waals surface area contributed by atoms with Gasteiger partial charge in [0.25, 0.3) is 0 Å². The summed E-state index contributed by atoms with van der Waals surface area (Å²) in [5, 5.41) is 9.23. The Bertz CT molecular complexity index is 459. The summed E-state index contributed by atoms with van der Waals surface area (Å²) < 4.78 is 12.3. The van der Waals surface area contributed by atoms with Crippen molar-refractivity contribution in [1.82, 2.24) is 0 Å². The smallest absolute Gasteiger partial charge is 0.450 e. The van der Waals surface area contributed by atoms with Crippen LogP contribution < -0.4 is 5.46 Å². The second-order valence-electron chi connectivity index (χ2n) is 6.49. The monoisotopic (exact) mass is 291 g/mol. The molecule has 0 amide bonds. The van der Waals surface area contributed by atoms with E-state index in [4.69, 9.17) is 8.69 Å². The van der Waals surface area contributed by atoms with Crippen LogP contribution in [-0.2, 0) is 8.69 Å². The molecular formula is C13H22BNO2Si2. The largest absolute Gasteiger partial charge is 0.473 e. The molecule has 6 heteroatoms. The third-order valence-corrected chi connectivity index (χ3v) is 4.10. The van der Waals surface area contributed by atoms with Gasteiger partial charge in [-0.15, -0.1) is 0 Å². The summed E-state index contributed by atoms with van der Waals surface area (Å²) in [5.74, 6) is 0. The Morgan fingerprint density at radius 3 is 1.84 bits per heavy atom. The van der Waals surface area contributed by atoms with Crippen LogP contribution >= 0.6 is 0 Å². The standard InChI is InChI=1S/C13H22BNO2Si2/c1-18(2,3)16-14(17-19(4,5)6)13-10-8-7-9-12(13)11-15/h7-10H,1-6H3. The maximum atomic E-state index is 9.23. The van der Waals surface area contributed by atoms with Crippen molar-refractivity contribution in [3.05, 3.63) is 29.8 Å². The van der Waals surface area contributed by atoms with Crippen LogP contribution in [-0.4, -0.2) is 23.8 Å². The van der Waals surface area contributed by atoms with Gasteiger partial charge >= 0.3 is 7.12 Å². The first-order chi connectivity index (χ1) is 8.62. The fraction of sp³-hybridized carbons (Fsp3) is 0.462. The summed E-state index contributed by atoms with van der Waals surface area (Å²) >= 11 is 0. The van der Waals surface area contributed by atoms with Crippen molar-refractivity contribution in [2.75, 3.05) is 0 Å². The summed E-state index contributed by atoms with van der Waals surface area (Å²) in [7, 11) is -3.92. The van der Waals surface area contributed by atoms with Gasteiger partial charge in [-0.2, -0.15) is 5.26 Å². The molecule has 0 bridgehead atoms. The first-order valence-corrected chi connectivity index (χ1v) is 13.3. The van der Waals surface area contributed by atoms with Crippen LogP contribution in [0.1, 0.15) is 5.56 Å². The second-order valence-corrected chi connectivity index (χ2v) is 15.4. The SMILES string of the molecule is C[Si](C)(C)OB(O[Si](C)(C)C)c1ccccc1C#N. The van der Waals surface area contributed by atoms with Crippen LogP contribution in [0.3, 0.4) is 0 Å². The molecule has 0 aliphatic rings. The van der Waals surface area contributed by atoms with E-state index < -0.39 is 23.8 Å². The van der Waals surface area contributed by atoms with Gasteiger partial charge in [0, 0.05) is 0 Å².